The second kappa shape index (κ2) is 11.8. The number of imide groups is 1. The van der Waals surface area contributed by atoms with Crippen LogP contribution >= 0.6 is 0 Å². The zero-order valence-electron chi connectivity index (χ0n) is 22.8. The number of halogens is 3. The summed E-state index contributed by atoms with van der Waals surface area (Å²) in [5.41, 5.74) is -7.04. The second-order valence-electron chi connectivity index (χ2n) is 9.84. The number of carbonyl (C=O) groups is 3. The Kier molecular flexibility index (Phi) is 9.11. The molecule has 224 valence electrons. The van der Waals surface area contributed by atoms with Gasteiger partial charge in [0.05, 0.1) is 31.4 Å². The summed E-state index contributed by atoms with van der Waals surface area (Å²) in [6.07, 6.45) is -0.348. The van der Waals surface area contributed by atoms with E-state index in [0.29, 0.717) is 11.3 Å². The summed E-state index contributed by atoms with van der Waals surface area (Å²) < 4.78 is 82.3. The molecule has 2 aromatic rings. The van der Waals surface area contributed by atoms with Crippen LogP contribution in [0.1, 0.15) is 65.9 Å². The molecule has 2 aromatic carbocycles. The minimum atomic E-state index is -6.12. The molecule has 15 heteroatoms. The number of ether oxygens (including phenoxy) is 3. The first-order chi connectivity index (χ1) is 19.0. The van der Waals surface area contributed by atoms with Crippen molar-refractivity contribution in [3.05, 3.63) is 53.1 Å². The molecule has 0 aliphatic carbocycles. The summed E-state index contributed by atoms with van der Waals surface area (Å²) >= 11 is 0. The van der Waals surface area contributed by atoms with E-state index in [-0.39, 0.29) is 30.7 Å². The number of rotatable bonds is 10. The molecule has 1 aliphatic rings. The fourth-order valence-electron chi connectivity index (χ4n) is 4.10. The van der Waals surface area contributed by atoms with Gasteiger partial charge in [0.25, 0.3) is 11.8 Å². The molecule has 1 heterocycles. The third-order valence-electron chi connectivity index (χ3n) is 5.82. The maximum Gasteiger partial charge on any atom is 0.534 e. The zero-order chi connectivity index (χ0) is 30.8. The van der Waals surface area contributed by atoms with Gasteiger partial charge in [-0.3, -0.25) is 14.5 Å². The van der Waals surface area contributed by atoms with Gasteiger partial charge in [-0.2, -0.15) is 21.6 Å². The normalized spacial score (nSPS) is 14.4. The third-order valence-corrected chi connectivity index (χ3v) is 6.78. The molecule has 0 radical (unpaired) electrons. The number of amides is 3. The average molecular weight is 603 g/mol. The predicted molar refractivity (Wildman–Crippen MR) is 138 cm³/mol. The molecule has 1 N–H and O–H groups in total. The van der Waals surface area contributed by atoms with Crippen molar-refractivity contribution < 1.29 is 54.4 Å². The maximum atomic E-state index is 13.6. The molecule has 3 amide bonds. The number of nitrogens with zero attached hydrogens (tertiary/aromatic N) is 1. The Balaban J connectivity index is 1.97. The van der Waals surface area contributed by atoms with Crippen molar-refractivity contribution in [2.75, 3.05) is 20.8 Å². The SMILES string of the molecule is COc1ccc(C(CCCNC(=O)OC(C)(C)C)N2C(=O)c3cccc(OS(=O)(=O)C(F)(F)F)c3C2=O)cc1OC. The Hall–Kier alpha value is -4.01. The topological polar surface area (TPSA) is 138 Å². The summed E-state index contributed by atoms with van der Waals surface area (Å²) in [6.45, 7) is 5.18. The van der Waals surface area contributed by atoms with E-state index in [9.17, 15) is 36.0 Å². The highest BCUT2D eigenvalue weighted by Gasteiger charge is 2.50. The lowest BCUT2D eigenvalue weighted by Crippen LogP contribution is -2.36. The van der Waals surface area contributed by atoms with E-state index < -0.39 is 56.5 Å². The van der Waals surface area contributed by atoms with Crippen LogP contribution in [0.25, 0.3) is 0 Å². The standard InChI is InChI=1S/C26H29F3N2O9S/c1-25(2,3)39-24(34)30-13-7-9-17(15-11-12-18(37-4)20(14-15)38-5)31-22(32)16-8-6-10-19(21(16)23(31)33)40-41(35,36)26(27,28)29/h6,8,10-12,14,17H,7,9,13H2,1-5H3,(H,30,34). The van der Waals surface area contributed by atoms with Crippen LogP contribution in [0.3, 0.4) is 0 Å². The smallest absolute Gasteiger partial charge is 0.493 e. The van der Waals surface area contributed by atoms with Crippen LogP contribution in [0.4, 0.5) is 18.0 Å². The summed E-state index contributed by atoms with van der Waals surface area (Å²) in [5, 5.41) is 2.58. The Bertz CT molecular complexity index is 1440. The largest absolute Gasteiger partial charge is 0.534 e. The first-order valence-corrected chi connectivity index (χ1v) is 13.6. The highest BCUT2D eigenvalue weighted by molar-refractivity contribution is 7.88. The Morgan fingerprint density at radius 1 is 0.976 bits per heavy atom. The quantitative estimate of drug-likeness (QED) is 0.179. The molecule has 1 atom stereocenters. The zero-order valence-corrected chi connectivity index (χ0v) is 23.6. The van der Waals surface area contributed by atoms with Crippen molar-refractivity contribution in [1.82, 2.24) is 10.2 Å². The van der Waals surface area contributed by atoms with Crippen molar-refractivity contribution in [3.8, 4) is 17.2 Å². The van der Waals surface area contributed by atoms with Crippen LogP contribution in [0.2, 0.25) is 0 Å². The first-order valence-electron chi connectivity index (χ1n) is 12.2. The van der Waals surface area contributed by atoms with Gasteiger partial charge in [-0.05, 0) is 63.4 Å². The van der Waals surface area contributed by atoms with Crippen LogP contribution in [0.5, 0.6) is 17.2 Å². The predicted octanol–water partition coefficient (Wildman–Crippen LogP) is 4.57. The number of benzene rings is 2. The molecule has 3 rings (SSSR count). The molecule has 0 spiro atoms. The Morgan fingerprint density at radius 2 is 1.63 bits per heavy atom. The molecule has 0 saturated carbocycles. The van der Waals surface area contributed by atoms with Crippen LogP contribution in [0, 0.1) is 0 Å². The van der Waals surface area contributed by atoms with Gasteiger partial charge in [0, 0.05) is 6.54 Å². The average Bonchev–Trinajstić information content (AvgIpc) is 3.12. The first kappa shape index (κ1) is 31.5. The molecule has 11 nitrogen and oxygen atoms in total. The van der Waals surface area contributed by atoms with Crippen LogP contribution < -0.4 is 19.0 Å². The number of carbonyl (C=O) groups excluding carboxylic acids is 3. The number of hydrogen-bond acceptors (Lipinski definition) is 9. The van der Waals surface area contributed by atoms with Gasteiger partial charge in [0.1, 0.15) is 5.60 Å². The number of methoxy groups -OCH3 is 2. The van der Waals surface area contributed by atoms with E-state index in [0.717, 1.165) is 17.0 Å². The summed E-state index contributed by atoms with van der Waals surface area (Å²) in [4.78, 5) is 39.8. The highest BCUT2D eigenvalue weighted by atomic mass is 32.2. The summed E-state index contributed by atoms with van der Waals surface area (Å²) in [5.74, 6) is -2.23. The molecular weight excluding hydrogens is 573 g/mol. The van der Waals surface area contributed by atoms with Gasteiger partial charge in [-0.15, -0.1) is 0 Å². The van der Waals surface area contributed by atoms with E-state index in [4.69, 9.17) is 14.2 Å². The van der Waals surface area contributed by atoms with Gasteiger partial charge >= 0.3 is 21.7 Å². The monoisotopic (exact) mass is 602 g/mol. The van der Waals surface area contributed by atoms with E-state index in [1.165, 1.54) is 26.4 Å². The van der Waals surface area contributed by atoms with E-state index >= 15 is 0 Å². The molecule has 0 fully saturated rings. The number of nitrogens with one attached hydrogen (secondary N) is 1. The van der Waals surface area contributed by atoms with E-state index in [2.05, 4.69) is 9.50 Å². The maximum absolute atomic E-state index is 13.6. The fourth-order valence-corrected chi connectivity index (χ4v) is 4.57. The van der Waals surface area contributed by atoms with Crippen LogP contribution in [0.15, 0.2) is 36.4 Å². The van der Waals surface area contributed by atoms with Gasteiger partial charge < -0.3 is 23.7 Å². The Labute approximate surface area is 234 Å². The van der Waals surface area contributed by atoms with E-state index in [1.54, 1.807) is 32.9 Å². The molecule has 0 aromatic heterocycles. The summed E-state index contributed by atoms with van der Waals surface area (Å²) in [7, 11) is -3.33. The molecular formula is C26H29F3N2O9S. The summed E-state index contributed by atoms with van der Waals surface area (Å²) in [6, 6.07) is 6.77. The lowest BCUT2D eigenvalue weighted by molar-refractivity contribution is -0.0500. The highest BCUT2D eigenvalue weighted by Crippen LogP contribution is 2.41. The molecule has 0 bridgehead atoms. The van der Waals surface area contributed by atoms with Crippen LogP contribution in [-0.4, -0.2) is 63.1 Å². The second-order valence-corrected chi connectivity index (χ2v) is 11.4. The fraction of sp³-hybridized carbons (Fsp3) is 0.423. The lowest BCUT2D eigenvalue weighted by Gasteiger charge is -2.27. The van der Waals surface area contributed by atoms with Crippen molar-refractivity contribution in [2.24, 2.45) is 0 Å². The molecule has 0 saturated heterocycles. The van der Waals surface area contributed by atoms with Gasteiger partial charge in [-0.1, -0.05) is 12.1 Å². The van der Waals surface area contributed by atoms with Crippen molar-refractivity contribution in [3.63, 3.8) is 0 Å². The van der Waals surface area contributed by atoms with Crippen molar-refractivity contribution in [1.29, 1.82) is 0 Å². The molecule has 41 heavy (non-hydrogen) atoms. The number of fused-ring (bicyclic) bond motifs is 1. The van der Waals surface area contributed by atoms with Gasteiger partial charge in [0.2, 0.25) is 0 Å². The van der Waals surface area contributed by atoms with Crippen molar-refractivity contribution in [2.45, 2.75) is 50.8 Å². The van der Waals surface area contributed by atoms with Gasteiger partial charge in [0.15, 0.2) is 17.2 Å². The number of alkyl carbamates (subject to hydrolysis) is 1. The lowest BCUT2D eigenvalue weighted by atomic mass is 9.99. The van der Waals surface area contributed by atoms with Crippen molar-refractivity contribution >= 4 is 28.0 Å². The Morgan fingerprint density at radius 3 is 2.22 bits per heavy atom. The minimum absolute atomic E-state index is 0.0911. The molecule has 1 unspecified atom stereocenters. The molecule has 1 aliphatic heterocycles. The van der Waals surface area contributed by atoms with Gasteiger partial charge in [-0.25, -0.2) is 4.79 Å². The third kappa shape index (κ3) is 7.01. The van der Waals surface area contributed by atoms with E-state index in [1.807, 2.05) is 0 Å². The number of hydrogen-bond donors (Lipinski definition) is 1. The van der Waals surface area contributed by atoms with Crippen LogP contribution in [-0.2, 0) is 14.9 Å². The number of alkyl halides is 3. The minimum Gasteiger partial charge on any atom is -0.493 e.